The minimum atomic E-state index is -0.124. The Labute approximate surface area is 183 Å². The lowest BCUT2D eigenvalue weighted by Crippen LogP contribution is -2.47. The Morgan fingerprint density at radius 1 is 1.03 bits per heavy atom. The van der Waals surface area contributed by atoms with Crippen LogP contribution in [0.2, 0.25) is 5.02 Å². The van der Waals surface area contributed by atoms with Crippen LogP contribution < -0.4 is 10.1 Å². The fraction of sp³-hybridized carbons (Fsp3) is 0.417. The van der Waals surface area contributed by atoms with Crippen molar-refractivity contribution in [2.45, 2.75) is 46.1 Å². The van der Waals surface area contributed by atoms with E-state index in [9.17, 15) is 9.59 Å². The number of halogens is 1. The van der Waals surface area contributed by atoms with E-state index < -0.39 is 0 Å². The number of amides is 2. The molecule has 0 atom stereocenters. The molecule has 1 N–H and O–H groups in total. The van der Waals surface area contributed by atoms with E-state index in [2.05, 4.69) is 11.4 Å². The predicted octanol–water partition coefficient (Wildman–Crippen LogP) is 3.99. The van der Waals surface area contributed by atoms with Crippen molar-refractivity contribution >= 4 is 23.4 Å². The Bertz CT molecular complexity index is 903. The molecule has 3 rings (SSSR count). The number of rotatable bonds is 6. The van der Waals surface area contributed by atoms with Crippen LogP contribution in [0.4, 0.5) is 0 Å². The summed E-state index contributed by atoms with van der Waals surface area (Å²) in [5, 5.41) is 3.71. The number of hydrogen-bond acceptors (Lipinski definition) is 3. The van der Waals surface area contributed by atoms with Gasteiger partial charge in [-0.1, -0.05) is 35.9 Å². The van der Waals surface area contributed by atoms with Gasteiger partial charge in [-0.25, -0.2) is 0 Å². The van der Waals surface area contributed by atoms with Crippen LogP contribution in [-0.4, -0.2) is 42.5 Å². The summed E-state index contributed by atoms with van der Waals surface area (Å²) < 4.78 is 5.80. The van der Waals surface area contributed by atoms with Gasteiger partial charge in [0.1, 0.15) is 5.75 Å². The molecule has 2 amide bonds. The Morgan fingerprint density at radius 2 is 1.67 bits per heavy atom. The van der Waals surface area contributed by atoms with E-state index in [1.807, 2.05) is 43.9 Å². The van der Waals surface area contributed by atoms with Crippen molar-refractivity contribution in [3.63, 3.8) is 0 Å². The van der Waals surface area contributed by atoms with Crippen LogP contribution in [0, 0.1) is 20.8 Å². The van der Waals surface area contributed by atoms with E-state index in [1.54, 1.807) is 12.1 Å². The van der Waals surface area contributed by atoms with E-state index in [4.69, 9.17) is 16.3 Å². The first-order valence-corrected chi connectivity index (χ1v) is 10.7. The summed E-state index contributed by atoms with van der Waals surface area (Å²) >= 11 is 5.90. The van der Waals surface area contributed by atoms with Gasteiger partial charge in [0.2, 0.25) is 5.91 Å². The predicted molar refractivity (Wildman–Crippen MR) is 119 cm³/mol. The summed E-state index contributed by atoms with van der Waals surface area (Å²) in [4.78, 5) is 26.7. The second kappa shape index (κ2) is 9.98. The highest BCUT2D eigenvalue weighted by atomic mass is 35.5. The SMILES string of the molecule is Cc1ccc(C)c(OCC(=O)NC2CCN(C(=O)Cc3ccc(Cl)cc3)CC2)c1C. The fourth-order valence-electron chi connectivity index (χ4n) is 3.72. The molecule has 1 heterocycles. The first-order valence-electron chi connectivity index (χ1n) is 10.3. The van der Waals surface area contributed by atoms with E-state index in [-0.39, 0.29) is 24.5 Å². The van der Waals surface area contributed by atoms with Gasteiger partial charge in [0.05, 0.1) is 6.42 Å². The molecule has 1 fully saturated rings. The topological polar surface area (TPSA) is 58.6 Å². The summed E-state index contributed by atoms with van der Waals surface area (Å²) in [6, 6.07) is 11.5. The van der Waals surface area contributed by atoms with Crippen LogP contribution in [0.15, 0.2) is 36.4 Å². The van der Waals surface area contributed by atoms with Gasteiger partial charge in [0.25, 0.3) is 5.91 Å². The number of aryl methyl sites for hydroxylation is 2. The molecule has 0 bridgehead atoms. The van der Waals surface area contributed by atoms with Crippen molar-refractivity contribution in [1.82, 2.24) is 10.2 Å². The number of benzene rings is 2. The maximum absolute atomic E-state index is 12.5. The molecule has 0 saturated carbocycles. The molecule has 1 saturated heterocycles. The molecule has 0 aromatic heterocycles. The lowest BCUT2D eigenvalue weighted by Gasteiger charge is -2.32. The molecule has 0 radical (unpaired) electrons. The van der Waals surface area contributed by atoms with Gasteiger partial charge in [-0.05, 0) is 68.0 Å². The van der Waals surface area contributed by atoms with Crippen molar-refractivity contribution < 1.29 is 14.3 Å². The number of ether oxygens (including phenoxy) is 1. The molecule has 0 unspecified atom stereocenters. The van der Waals surface area contributed by atoms with Crippen LogP contribution in [-0.2, 0) is 16.0 Å². The molecule has 1 aliphatic rings. The van der Waals surface area contributed by atoms with Gasteiger partial charge in [-0.2, -0.15) is 0 Å². The summed E-state index contributed by atoms with van der Waals surface area (Å²) in [5.74, 6) is 0.768. The smallest absolute Gasteiger partial charge is 0.258 e. The minimum Gasteiger partial charge on any atom is -0.483 e. The highest BCUT2D eigenvalue weighted by molar-refractivity contribution is 6.30. The molecule has 2 aromatic rings. The Kier molecular flexibility index (Phi) is 7.38. The van der Waals surface area contributed by atoms with Crippen molar-refractivity contribution in [3.05, 3.63) is 63.7 Å². The lowest BCUT2D eigenvalue weighted by atomic mass is 10.0. The van der Waals surface area contributed by atoms with E-state index >= 15 is 0 Å². The maximum Gasteiger partial charge on any atom is 0.258 e. The third kappa shape index (κ3) is 5.76. The van der Waals surface area contributed by atoms with Crippen LogP contribution in [0.5, 0.6) is 5.75 Å². The van der Waals surface area contributed by atoms with Gasteiger partial charge in [0, 0.05) is 24.2 Å². The molecule has 0 spiro atoms. The quantitative estimate of drug-likeness (QED) is 0.756. The molecular formula is C24H29ClN2O3. The number of likely N-dealkylation sites (tertiary alicyclic amines) is 1. The number of nitrogens with zero attached hydrogens (tertiary/aromatic N) is 1. The van der Waals surface area contributed by atoms with Crippen LogP contribution in [0.25, 0.3) is 0 Å². The van der Waals surface area contributed by atoms with Crippen LogP contribution >= 0.6 is 11.6 Å². The first kappa shape index (κ1) is 22.2. The van der Waals surface area contributed by atoms with Gasteiger partial charge >= 0.3 is 0 Å². The fourth-order valence-corrected chi connectivity index (χ4v) is 3.84. The number of hydrogen-bond donors (Lipinski definition) is 1. The third-order valence-electron chi connectivity index (χ3n) is 5.70. The Morgan fingerprint density at radius 3 is 2.33 bits per heavy atom. The second-order valence-corrected chi connectivity index (χ2v) is 8.40. The monoisotopic (exact) mass is 428 g/mol. The first-order chi connectivity index (χ1) is 14.3. The molecule has 5 nitrogen and oxygen atoms in total. The summed E-state index contributed by atoms with van der Waals surface area (Å²) in [6.45, 7) is 7.32. The molecule has 2 aromatic carbocycles. The van der Waals surface area contributed by atoms with Crippen molar-refractivity contribution in [3.8, 4) is 5.75 Å². The van der Waals surface area contributed by atoms with E-state index in [0.717, 1.165) is 40.8 Å². The zero-order chi connectivity index (χ0) is 21.7. The second-order valence-electron chi connectivity index (χ2n) is 7.97. The van der Waals surface area contributed by atoms with Gasteiger partial charge in [-0.15, -0.1) is 0 Å². The minimum absolute atomic E-state index is 0.000838. The number of piperidine rings is 1. The van der Waals surface area contributed by atoms with E-state index in [1.165, 1.54) is 0 Å². The van der Waals surface area contributed by atoms with Crippen molar-refractivity contribution in [2.24, 2.45) is 0 Å². The van der Waals surface area contributed by atoms with E-state index in [0.29, 0.717) is 24.5 Å². The summed E-state index contributed by atoms with van der Waals surface area (Å²) in [6.07, 6.45) is 1.87. The van der Waals surface area contributed by atoms with Gasteiger partial charge < -0.3 is 15.0 Å². The average Bonchev–Trinajstić information content (AvgIpc) is 2.73. The Balaban J connectivity index is 1.43. The molecule has 1 aliphatic heterocycles. The summed E-state index contributed by atoms with van der Waals surface area (Å²) in [7, 11) is 0. The zero-order valence-corrected chi connectivity index (χ0v) is 18.6. The number of carbonyl (C=O) groups is 2. The van der Waals surface area contributed by atoms with Crippen molar-refractivity contribution in [2.75, 3.05) is 19.7 Å². The Hall–Kier alpha value is -2.53. The molecule has 6 heteroatoms. The number of carbonyl (C=O) groups excluding carboxylic acids is 2. The molecule has 30 heavy (non-hydrogen) atoms. The largest absolute Gasteiger partial charge is 0.483 e. The highest BCUT2D eigenvalue weighted by Crippen LogP contribution is 2.25. The number of nitrogens with one attached hydrogen (secondary N) is 1. The van der Waals surface area contributed by atoms with Gasteiger partial charge in [-0.3, -0.25) is 9.59 Å². The van der Waals surface area contributed by atoms with Gasteiger partial charge in [0.15, 0.2) is 6.61 Å². The lowest BCUT2D eigenvalue weighted by molar-refractivity contribution is -0.131. The van der Waals surface area contributed by atoms with Crippen molar-refractivity contribution in [1.29, 1.82) is 0 Å². The third-order valence-corrected chi connectivity index (χ3v) is 5.95. The molecule has 0 aliphatic carbocycles. The standard InChI is InChI=1S/C24H29ClN2O3/c1-16-4-5-17(2)24(18(16)3)30-15-22(28)26-21-10-12-27(13-11-21)23(29)14-19-6-8-20(25)9-7-19/h4-9,21H,10-15H2,1-3H3,(H,26,28). The maximum atomic E-state index is 12.5. The normalized spacial score (nSPS) is 14.5. The molecular weight excluding hydrogens is 400 g/mol. The van der Waals surface area contributed by atoms with Crippen LogP contribution in [0.1, 0.15) is 35.1 Å². The highest BCUT2D eigenvalue weighted by Gasteiger charge is 2.24. The van der Waals surface area contributed by atoms with Crippen LogP contribution in [0.3, 0.4) is 0 Å². The average molecular weight is 429 g/mol. The molecule has 160 valence electrons. The zero-order valence-electron chi connectivity index (χ0n) is 17.8. The summed E-state index contributed by atoms with van der Waals surface area (Å²) in [5.41, 5.74) is 4.19.